The van der Waals surface area contributed by atoms with Crippen molar-refractivity contribution in [3.8, 4) is 5.75 Å². The van der Waals surface area contributed by atoms with Crippen molar-refractivity contribution in [3.63, 3.8) is 0 Å². The van der Waals surface area contributed by atoms with Gasteiger partial charge in [0.1, 0.15) is 29.4 Å². The highest BCUT2D eigenvalue weighted by molar-refractivity contribution is 7.86. The average molecular weight is 616 g/mol. The first-order chi connectivity index (χ1) is 19.5. The number of oxime groups is 1. The lowest BCUT2D eigenvalue weighted by atomic mass is 9.97. The van der Waals surface area contributed by atoms with E-state index in [0.29, 0.717) is 60.1 Å². The normalized spacial score (nSPS) is 18.2. The van der Waals surface area contributed by atoms with E-state index in [1.807, 2.05) is 5.38 Å². The number of hydrogen-bond donors (Lipinski definition) is 0. The van der Waals surface area contributed by atoms with Crippen molar-refractivity contribution in [2.75, 3.05) is 19.3 Å². The monoisotopic (exact) mass is 615 g/mol. The summed E-state index contributed by atoms with van der Waals surface area (Å²) in [5, 5.41) is 10.4. The van der Waals surface area contributed by atoms with Gasteiger partial charge in [0.15, 0.2) is 6.10 Å². The molecule has 1 saturated heterocycles. The van der Waals surface area contributed by atoms with Gasteiger partial charge in [0.05, 0.1) is 17.0 Å². The largest absolute Gasteiger partial charge is 0.387 e. The summed E-state index contributed by atoms with van der Waals surface area (Å²) in [6, 6.07) is 7.29. The van der Waals surface area contributed by atoms with Crippen molar-refractivity contribution >= 4 is 33.1 Å². The molecule has 0 N–H and O–H groups in total. The van der Waals surface area contributed by atoms with Crippen molar-refractivity contribution < 1.29 is 39.8 Å². The minimum absolute atomic E-state index is 0.0622. The second-order valence-electron chi connectivity index (χ2n) is 9.64. The Bertz CT molecular complexity index is 1550. The Kier molecular flexibility index (Phi) is 8.31. The topological polar surface area (TPSA) is 116 Å². The highest BCUT2D eigenvalue weighted by Crippen LogP contribution is 2.37. The molecule has 4 heterocycles. The Morgan fingerprint density at radius 1 is 1.17 bits per heavy atom. The molecule has 3 aromatic rings. The molecule has 16 heteroatoms. The van der Waals surface area contributed by atoms with E-state index in [0.717, 1.165) is 11.3 Å². The van der Waals surface area contributed by atoms with Gasteiger partial charge in [0.25, 0.3) is 12.9 Å². The van der Waals surface area contributed by atoms with E-state index in [4.69, 9.17) is 14.0 Å². The molecule has 5 rings (SSSR count). The third kappa shape index (κ3) is 6.69. The standard InChI is InChI=1S/C25H25F4N5O5S2/c1-41(36,37)39-20-5-3-2-4-15(20)21-11-16(32-38-21)18-13-40-25(30-18)14-6-8-33(9-7-14)22(35)12-34-19(24(28)29)10-17(31-34)23(26)27/h2-5,10,13-14,21,23-24H,6-9,11-12H2,1H3/t21-/m0/s1. The van der Waals surface area contributed by atoms with E-state index >= 15 is 0 Å². The fraction of sp³-hybridized carbons (Fsp3) is 0.440. The molecule has 1 atom stereocenters. The predicted octanol–water partition coefficient (Wildman–Crippen LogP) is 4.83. The first-order valence-electron chi connectivity index (χ1n) is 12.6. The number of thiazole rings is 1. The molecule has 1 amide bonds. The maximum atomic E-state index is 13.3. The zero-order valence-corrected chi connectivity index (χ0v) is 23.3. The highest BCUT2D eigenvalue weighted by atomic mass is 32.2. The lowest BCUT2D eigenvalue weighted by Gasteiger charge is -2.31. The molecule has 2 aliphatic rings. The number of piperidine rings is 1. The van der Waals surface area contributed by atoms with Gasteiger partial charge in [0, 0.05) is 36.4 Å². The van der Waals surface area contributed by atoms with E-state index in [-0.39, 0.29) is 11.7 Å². The van der Waals surface area contributed by atoms with E-state index in [1.165, 1.54) is 16.2 Å². The number of aromatic nitrogens is 3. The van der Waals surface area contributed by atoms with Crippen molar-refractivity contribution in [1.29, 1.82) is 0 Å². The Balaban J connectivity index is 1.18. The number of hydrogen-bond acceptors (Lipinski definition) is 9. The van der Waals surface area contributed by atoms with E-state index in [1.54, 1.807) is 24.3 Å². The minimum Gasteiger partial charge on any atom is -0.387 e. The number of para-hydroxylation sites is 1. The molecule has 10 nitrogen and oxygen atoms in total. The fourth-order valence-electron chi connectivity index (χ4n) is 4.75. The van der Waals surface area contributed by atoms with Crippen LogP contribution in [0.2, 0.25) is 0 Å². The number of alkyl halides is 4. The smallest absolute Gasteiger partial charge is 0.306 e. The molecule has 220 valence electrons. The number of rotatable bonds is 9. The van der Waals surface area contributed by atoms with Gasteiger partial charge in [-0.2, -0.15) is 13.5 Å². The molecule has 0 aliphatic carbocycles. The van der Waals surface area contributed by atoms with Gasteiger partial charge in [-0.25, -0.2) is 22.5 Å². The lowest BCUT2D eigenvalue weighted by molar-refractivity contribution is -0.133. The van der Waals surface area contributed by atoms with Gasteiger partial charge in [0.2, 0.25) is 5.91 Å². The second-order valence-corrected chi connectivity index (χ2v) is 12.1. The summed E-state index contributed by atoms with van der Waals surface area (Å²) in [7, 11) is -3.73. The summed E-state index contributed by atoms with van der Waals surface area (Å²) in [5.41, 5.74) is 0.287. The number of carbonyl (C=O) groups is 1. The lowest BCUT2D eigenvalue weighted by Crippen LogP contribution is -2.40. The van der Waals surface area contributed by atoms with E-state index in [9.17, 15) is 30.8 Å². The minimum atomic E-state index is -3.73. The number of carbonyl (C=O) groups excluding carboxylic acids is 1. The van der Waals surface area contributed by atoms with Crippen molar-refractivity contribution in [1.82, 2.24) is 19.7 Å². The summed E-state index contributed by atoms with van der Waals surface area (Å²) in [6.45, 7) is 0.168. The number of amides is 1. The molecule has 2 aromatic heterocycles. The summed E-state index contributed by atoms with van der Waals surface area (Å²) in [5.74, 6) is -0.242. The van der Waals surface area contributed by atoms with Crippen molar-refractivity contribution in [2.45, 2.75) is 50.7 Å². The second kappa shape index (κ2) is 11.8. The van der Waals surface area contributed by atoms with Gasteiger partial charge < -0.3 is 13.9 Å². The van der Waals surface area contributed by atoms with Gasteiger partial charge in [-0.15, -0.1) is 11.3 Å². The predicted molar refractivity (Wildman–Crippen MR) is 140 cm³/mol. The third-order valence-corrected chi connectivity index (χ3v) is 8.24. The van der Waals surface area contributed by atoms with Crippen LogP contribution in [0.1, 0.15) is 71.8 Å². The Morgan fingerprint density at radius 3 is 2.59 bits per heavy atom. The molecule has 0 bridgehead atoms. The molecule has 0 spiro atoms. The molecule has 0 unspecified atom stereocenters. The van der Waals surface area contributed by atoms with Crippen LogP contribution in [0.15, 0.2) is 40.9 Å². The number of nitrogens with zero attached hydrogens (tertiary/aromatic N) is 5. The molecule has 2 aliphatic heterocycles. The van der Waals surface area contributed by atoms with Gasteiger partial charge in [-0.3, -0.25) is 9.48 Å². The average Bonchev–Trinajstić information content (AvgIpc) is 3.68. The Hall–Kier alpha value is -3.53. The highest BCUT2D eigenvalue weighted by Gasteiger charge is 2.31. The molecule has 0 radical (unpaired) electrons. The fourth-order valence-corrected chi connectivity index (χ4v) is 6.23. The SMILES string of the molecule is CS(=O)(=O)Oc1ccccc1[C@@H]1CC(c2csc(C3CCN(C(=O)Cn4nc(C(F)F)cc4C(F)F)CC3)n2)=NO1. The maximum absolute atomic E-state index is 13.3. The number of benzene rings is 1. The maximum Gasteiger partial charge on any atom is 0.306 e. The number of likely N-dealkylation sites (tertiary alicyclic amines) is 1. The number of halogens is 4. The van der Waals surface area contributed by atoms with Crippen LogP contribution in [0.3, 0.4) is 0 Å². The quantitative estimate of drug-likeness (QED) is 0.250. The van der Waals surface area contributed by atoms with Crippen LogP contribution in [0.25, 0.3) is 0 Å². The summed E-state index contributed by atoms with van der Waals surface area (Å²) < 4.78 is 81.4. The first kappa shape index (κ1) is 29.0. The zero-order chi connectivity index (χ0) is 29.3. The summed E-state index contributed by atoms with van der Waals surface area (Å²) in [6.07, 6.45) is -4.09. The van der Waals surface area contributed by atoms with Crippen LogP contribution in [-0.2, 0) is 26.3 Å². The van der Waals surface area contributed by atoms with Crippen LogP contribution >= 0.6 is 11.3 Å². The van der Waals surface area contributed by atoms with Crippen LogP contribution in [0.4, 0.5) is 17.6 Å². The van der Waals surface area contributed by atoms with Crippen LogP contribution in [0, 0.1) is 0 Å². The molecule has 1 aromatic carbocycles. The third-order valence-electron chi connectivity index (χ3n) is 6.75. The first-order valence-corrected chi connectivity index (χ1v) is 15.3. The molecule has 41 heavy (non-hydrogen) atoms. The van der Waals surface area contributed by atoms with Crippen molar-refractivity contribution in [3.05, 3.63) is 63.4 Å². The Morgan fingerprint density at radius 2 is 1.90 bits per heavy atom. The van der Waals surface area contributed by atoms with E-state index < -0.39 is 52.9 Å². The molecular weight excluding hydrogens is 590 g/mol. The van der Waals surface area contributed by atoms with Gasteiger partial charge in [-0.05, 0) is 25.0 Å². The van der Waals surface area contributed by atoms with E-state index in [2.05, 4.69) is 10.3 Å². The summed E-state index contributed by atoms with van der Waals surface area (Å²) >= 11 is 1.45. The molecular formula is C25H25F4N5O5S2. The molecule has 1 fully saturated rings. The zero-order valence-electron chi connectivity index (χ0n) is 21.6. The summed E-state index contributed by atoms with van der Waals surface area (Å²) in [4.78, 5) is 24.6. The Labute approximate surface area is 236 Å². The van der Waals surface area contributed by atoms with Crippen LogP contribution < -0.4 is 4.18 Å². The van der Waals surface area contributed by atoms with Gasteiger partial charge >= 0.3 is 10.1 Å². The van der Waals surface area contributed by atoms with Crippen LogP contribution in [-0.4, -0.2) is 59.0 Å². The van der Waals surface area contributed by atoms with Gasteiger partial charge in [-0.1, -0.05) is 23.4 Å². The molecule has 0 saturated carbocycles. The van der Waals surface area contributed by atoms with Crippen molar-refractivity contribution in [2.24, 2.45) is 5.16 Å². The van der Waals surface area contributed by atoms with Crippen LogP contribution in [0.5, 0.6) is 5.75 Å².